The number of benzene rings is 2. The molecule has 0 radical (unpaired) electrons. The van der Waals surface area contributed by atoms with Gasteiger partial charge in [-0.2, -0.15) is 0 Å². The third kappa shape index (κ3) is 4.55. The number of para-hydroxylation sites is 2. The molecule has 138 valence electrons. The van der Waals surface area contributed by atoms with Gasteiger partial charge in [-0.1, -0.05) is 30.3 Å². The van der Waals surface area contributed by atoms with Crippen molar-refractivity contribution in [1.29, 1.82) is 0 Å². The largest absolute Gasteiger partial charge is 0.465 e. The monoisotopic (exact) mass is 353 g/mol. The maximum absolute atomic E-state index is 11.9. The van der Waals surface area contributed by atoms with Gasteiger partial charge in [0.1, 0.15) is 0 Å². The van der Waals surface area contributed by atoms with Crippen LogP contribution in [0.3, 0.4) is 0 Å². The van der Waals surface area contributed by atoms with Crippen molar-refractivity contribution in [2.75, 3.05) is 50.1 Å². The van der Waals surface area contributed by atoms with E-state index in [4.69, 9.17) is 4.74 Å². The summed E-state index contributed by atoms with van der Waals surface area (Å²) in [6.45, 7) is 7.25. The van der Waals surface area contributed by atoms with Gasteiger partial charge in [-0.25, -0.2) is 4.79 Å². The summed E-state index contributed by atoms with van der Waals surface area (Å²) in [5.74, 6) is -0.309. The highest BCUT2D eigenvalue weighted by Gasteiger charge is 2.19. The topological polar surface area (TPSA) is 44.8 Å². The van der Waals surface area contributed by atoms with Crippen LogP contribution in [-0.2, 0) is 4.74 Å². The molecule has 2 aromatic rings. The van der Waals surface area contributed by atoms with Gasteiger partial charge in [0.25, 0.3) is 0 Å². The molecular formula is C21H27N3O2. The molecule has 0 aromatic heterocycles. The van der Waals surface area contributed by atoms with E-state index in [0.717, 1.165) is 38.4 Å². The molecule has 3 rings (SSSR count). The average molecular weight is 353 g/mol. The lowest BCUT2D eigenvalue weighted by atomic mass is 10.1. The van der Waals surface area contributed by atoms with Crippen LogP contribution in [0.5, 0.6) is 0 Å². The molecular weight excluding hydrogens is 326 g/mol. The molecule has 0 aliphatic carbocycles. The van der Waals surface area contributed by atoms with Gasteiger partial charge in [-0.05, 0) is 31.2 Å². The molecule has 26 heavy (non-hydrogen) atoms. The quantitative estimate of drug-likeness (QED) is 0.809. The molecule has 2 aromatic carbocycles. The fourth-order valence-electron chi connectivity index (χ4n) is 3.42. The molecule has 5 nitrogen and oxygen atoms in total. The minimum absolute atomic E-state index is 0.240. The fraction of sp³-hybridized carbons (Fsp3) is 0.381. The van der Waals surface area contributed by atoms with Crippen LogP contribution >= 0.6 is 0 Å². The van der Waals surface area contributed by atoms with Crippen LogP contribution in [0.4, 0.5) is 11.4 Å². The Morgan fingerprint density at radius 3 is 2.38 bits per heavy atom. The highest BCUT2D eigenvalue weighted by molar-refractivity contribution is 5.95. The first kappa shape index (κ1) is 18.3. The SMILES string of the molecule is COC(=O)c1ccccc1NC(C)CN1CCN(c2ccccc2)CC1. The third-order valence-corrected chi connectivity index (χ3v) is 4.76. The summed E-state index contributed by atoms with van der Waals surface area (Å²) in [6, 6.07) is 18.3. The lowest BCUT2D eigenvalue weighted by Crippen LogP contribution is -2.49. The molecule has 1 unspecified atom stereocenters. The number of carbonyl (C=O) groups is 1. The van der Waals surface area contributed by atoms with E-state index in [1.54, 1.807) is 6.07 Å². The molecule has 1 aliphatic rings. The molecule has 1 saturated heterocycles. The molecule has 0 saturated carbocycles. The van der Waals surface area contributed by atoms with Gasteiger partial charge in [0.2, 0.25) is 0 Å². The van der Waals surface area contributed by atoms with Gasteiger partial charge in [-0.15, -0.1) is 0 Å². The first-order valence-electron chi connectivity index (χ1n) is 9.13. The van der Waals surface area contributed by atoms with E-state index in [-0.39, 0.29) is 12.0 Å². The average Bonchev–Trinajstić information content (AvgIpc) is 2.69. The molecule has 0 amide bonds. The molecule has 5 heteroatoms. The first-order valence-corrected chi connectivity index (χ1v) is 9.13. The highest BCUT2D eigenvalue weighted by Crippen LogP contribution is 2.18. The van der Waals surface area contributed by atoms with Crippen molar-refractivity contribution >= 4 is 17.3 Å². The number of nitrogens with one attached hydrogen (secondary N) is 1. The van der Waals surface area contributed by atoms with Crippen LogP contribution < -0.4 is 10.2 Å². The summed E-state index contributed by atoms with van der Waals surface area (Å²) < 4.78 is 4.87. The Balaban J connectivity index is 1.52. The number of nitrogens with zero attached hydrogens (tertiary/aromatic N) is 2. The smallest absolute Gasteiger partial charge is 0.339 e. The molecule has 1 fully saturated rings. The van der Waals surface area contributed by atoms with E-state index in [1.165, 1.54) is 12.8 Å². The van der Waals surface area contributed by atoms with Gasteiger partial charge in [0.15, 0.2) is 0 Å². The van der Waals surface area contributed by atoms with Gasteiger partial charge >= 0.3 is 5.97 Å². The summed E-state index contributed by atoms with van der Waals surface area (Å²) in [5, 5.41) is 3.46. The maximum atomic E-state index is 11.9. The van der Waals surface area contributed by atoms with Crippen LogP contribution in [0.15, 0.2) is 54.6 Å². The van der Waals surface area contributed by atoms with E-state index in [1.807, 2.05) is 18.2 Å². The standard InChI is InChI=1S/C21H27N3O2/c1-17(22-20-11-7-6-10-19(20)21(25)26-2)16-23-12-14-24(15-13-23)18-8-4-3-5-9-18/h3-11,17,22H,12-16H2,1-2H3. The second-order valence-corrected chi connectivity index (χ2v) is 6.71. The van der Waals surface area contributed by atoms with Gasteiger partial charge in [-0.3, -0.25) is 4.90 Å². The Bertz CT molecular complexity index is 712. The summed E-state index contributed by atoms with van der Waals surface area (Å²) in [4.78, 5) is 16.8. The second-order valence-electron chi connectivity index (χ2n) is 6.71. The number of esters is 1. The van der Waals surface area contributed by atoms with Crippen molar-refractivity contribution in [2.24, 2.45) is 0 Å². The van der Waals surface area contributed by atoms with Gasteiger partial charge < -0.3 is 15.0 Å². The summed E-state index contributed by atoms with van der Waals surface area (Å²) >= 11 is 0. The fourth-order valence-corrected chi connectivity index (χ4v) is 3.42. The predicted octanol–water partition coefficient (Wildman–Crippen LogP) is 3.10. The van der Waals surface area contributed by atoms with Crippen LogP contribution in [-0.4, -0.2) is 56.7 Å². The molecule has 0 bridgehead atoms. The van der Waals surface area contributed by atoms with Crippen LogP contribution in [0.25, 0.3) is 0 Å². The number of piperazine rings is 1. The minimum atomic E-state index is -0.309. The van der Waals surface area contributed by atoms with E-state index < -0.39 is 0 Å². The summed E-state index contributed by atoms with van der Waals surface area (Å²) in [6.07, 6.45) is 0. The van der Waals surface area contributed by atoms with E-state index in [9.17, 15) is 4.79 Å². The lowest BCUT2D eigenvalue weighted by molar-refractivity contribution is 0.0602. The predicted molar refractivity (Wildman–Crippen MR) is 106 cm³/mol. The second kappa shape index (κ2) is 8.72. The minimum Gasteiger partial charge on any atom is -0.465 e. The zero-order valence-electron chi connectivity index (χ0n) is 15.5. The van der Waals surface area contributed by atoms with E-state index in [2.05, 4.69) is 52.4 Å². The van der Waals surface area contributed by atoms with E-state index in [0.29, 0.717) is 5.56 Å². The number of ether oxygens (including phenoxy) is 1. The van der Waals surface area contributed by atoms with Crippen LogP contribution in [0, 0.1) is 0 Å². The van der Waals surface area contributed by atoms with Crippen molar-refractivity contribution in [1.82, 2.24) is 4.90 Å². The van der Waals surface area contributed by atoms with Crippen LogP contribution in [0.2, 0.25) is 0 Å². The first-order chi connectivity index (χ1) is 12.7. The Morgan fingerprint density at radius 2 is 1.69 bits per heavy atom. The Labute approximate surface area is 155 Å². The van der Waals surface area contributed by atoms with Crippen molar-refractivity contribution in [2.45, 2.75) is 13.0 Å². The van der Waals surface area contributed by atoms with Crippen molar-refractivity contribution in [3.05, 3.63) is 60.2 Å². The molecule has 1 aliphatic heterocycles. The van der Waals surface area contributed by atoms with Gasteiger partial charge in [0, 0.05) is 50.1 Å². The maximum Gasteiger partial charge on any atom is 0.339 e. The number of hydrogen-bond acceptors (Lipinski definition) is 5. The molecule has 0 spiro atoms. The normalized spacial score (nSPS) is 16.2. The van der Waals surface area contributed by atoms with Crippen molar-refractivity contribution in [3.8, 4) is 0 Å². The number of rotatable bonds is 6. The Morgan fingerprint density at radius 1 is 1.04 bits per heavy atom. The highest BCUT2D eigenvalue weighted by atomic mass is 16.5. The number of methoxy groups -OCH3 is 1. The van der Waals surface area contributed by atoms with Crippen LogP contribution in [0.1, 0.15) is 17.3 Å². The third-order valence-electron chi connectivity index (χ3n) is 4.76. The molecule has 1 atom stereocenters. The number of hydrogen-bond donors (Lipinski definition) is 1. The van der Waals surface area contributed by atoms with Crippen molar-refractivity contribution in [3.63, 3.8) is 0 Å². The lowest BCUT2D eigenvalue weighted by Gasteiger charge is -2.37. The van der Waals surface area contributed by atoms with Gasteiger partial charge in [0.05, 0.1) is 12.7 Å². The zero-order chi connectivity index (χ0) is 18.4. The summed E-state index contributed by atoms with van der Waals surface area (Å²) in [5.41, 5.74) is 2.70. The molecule has 1 N–H and O–H groups in total. The zero-order valence-corrected chi connectivity index (χ0v) is 15.5. The number of carbonyl (C=O) groups excluding carboxylic acids is 1. The molecule has 1 heterocycles. The number of anilines is 2. The van der Waals surface area contributed by atoms with Crippen molar-refractivity contribution < 1.29 is 9.53 Å². The Kier molecular flexibility index (Phi) is 6.12. The van der Waals surface area contributed by atoms with E-state index >= 15 is 0 Å². The Hall–Kier alpha value is -2.53. The summed E-state index contributed by atoms with van der Waals surface area (Å²) in [7, 11) is 1.41.